The Hall–Kier alpha value is -2.33. The van der Waals surface area contributed by atoms with Crippen LogP contribution in [-0.4, -0.2) is 84.5 Å². The van der Waals surface area contributed by atoms with Crippen LogP contribution in [0.25, 0.3) is 22.4 Å². The van der Waals surface area contributed by atoms with Gasteiger partial charge in [0.15, 0.2) is 9.84 Å². The monoisotopic (exact) mass is 568 g/mol. The molecule has 3 aliphatic heterocycles. The summed E-state index contributed by atoms with van der Waals surface area (Å²) in [6, 6.07) is 12.6. The van der Waals surface area contributed by atoms with Crippen LogP contribution in [0.1, 0.15) is 57.4 Å². The normalized spacial score (nSPS) is 25.9. The van der Waals surface area contributed by atoms with Crippen LogP contribution in [0, 0.1) is 5.82 Å². The third-order valence-corrected chi connectivity index (χ3v) is 10.8. The van der Waals surface area contributed by atoms with E-state index in [1.54, 1.807) is 30.3 Å². The Kier molecular flexibility index (Phi) is 7.52. The van der Waals surface area contributed by atoms with Crippen molar-refractivity contribution in [2.75, 3.05) is 32.6 Å². The first-order valence-corrected chi connectivity index (χ1v) is 16.6. The highest BCUT2D eigenvalue weighted by Gasteiger charge is 2.41. The Morgan fingerprint density at radius 2 is 1.75 bits per heavy atom. The Balaban J connectivity index is 1.16. The lowest BCUT2D eigenvalue weighted by Crippen LogP contribution is -2.62. The summed E-state index contributed by atoms with van der Waals surface area (Å²) < 4.78 is 46.6. The number of nitrogens with zero attached hydrogens (tertiary/aromatic N) is 4. The van der Waals surface area contributed by atoms with Crippen LogP contribution < -0.4 is 0 Å². The largest absolute Gasteiger partial charge is 0.378 e. The van der Waals surface area contributed by atoms with Gasteiger partial charge >= 0.3 is 0 Å². The number of rotatable bonds is 6. The van der Waals surface area contributed by atoms with E-state index in [1.807, 2.05) is 17.7 Å². The van der Waals surface area contributed by atoms with Crippen molar-refractivity contribution >= 4 is 20.9 Å². The highest BCUT2D eigenvalue weighted by molar-refractivity contribution is 7.90. The van der Waals surface area contributed by atoms with E-state index in [4.69, 9.17) is 9.72 Å². The molecule has 9 heteroatoms. The van der Waals surface area contributed by atoms with Gasteiger partial charge < -0.3 is 14.2 Å². The maximum absolute atomic E-state index is 15.5. The molecule has 3 unspecified atom stereocenters. The molecule has 4 heterocycles. The van der Waals surface area contributed by atoms with Gasteiger partial charge in [0.05, 0.1) is 35.2 Å². The zero-order chi connectivity index (χ0) is 28.2. The van der Waals surface area contributed by atoms with Gasteiger partial charge in [-0.15, -0.1) is 0 Å². The number of hydrogen-bond acceptors (Lipinski definition) is 6. The van der Waals surface area contributed by atoms with E-state index < -0.39 is 9.84 Å². The van der Waals surface area contributed by atoms with Gasteiger partial charge in [0, 0.05) is 43.1 Å². The molecule has 7 nitrogen and oxygen atoms in total. The van der Waals surface area contributed by atoms with Gasteiger partial charge in [0.25, 0.3) is 0 Å². The van der Waals surface area contributed by atoms with E-state index in [0.717, 1.165) is 61.3 Å². The predicted octanol–water partition coefficient (Wildman–Crippen LogP) is 4.99. The first-order valence-electron chi connectivity index (χ1n) is 14.7. The van der Waals surface area contributed by atoms with Crippen LogP contribution in [0.3, 0.4) is 0 Å². The Labute approximate surface area is 237 Å². The number of benzene rings is 2. The molecule has 0 aliphatic carbocycles. The third kappa shape index (κ3) is 5.10. The maximum atomic E-state index is 15.5. The van der Waals surface area contributed by atoms with Crippen LogP contribution >= 0.6 is 0 Å². The van der Waals surface area contributed by atoms with Crippen LogP contribution in [-0.2, 0) is 21.6 Å². The van der Waals surface area contributed by atoms with E-state index in [1.165, 1.54) is 25.5 Å². The number of ether oxygens (including phenoxy) is 1. The van der Waals surface area contributed by atoms with E-state index in [2.05, 4.69) is 23.6 Å². The minimum Gasteiger partial charge on any atom is -0.378 e. The molecular weight excluding hydrogens is 527 g/mol. The number of likely N-dealkylation sites (tertiary alicyclic amines) is 2. The second kappa shape index (κ2) is 10.8. The summed E-state index contributed by atoms with van der Waals surface area (Å²) in [5.74, 6) is 0.719. The van der Waals surface area contributed by atoms with Gasteiger partial charge in [-0.3, -0.25) is 4.90 Å². The molecule has 3 fully saturated rings. The highest BCUT2D eigenvalue weighted by Crippen LogP contribution is 2.37. The molecule has 0 spiro atoms. The Morgan fingerprint density at radius 1 is 1.05 bits per heavy atom. The maximum Gasteiger partial charge on any atom is 0.175 e. The second-order valence-corrected chi connectivity index (χ2v) is 14.2. The van der Waals surface area contributed by atoms with Crippen molar-refractivity contribution in [3.8, 4) is 11.4 Å². The molecule has 40 heavy (non-hydrogen) atoms. The fraction of sp³-hybridized carbons (Fsp3) is 0.581. The SMILES string of the molecule is CCC1CC(N2CCC(c3cc4nc(-c5ccc(S(C)(=O)=O)cc5)n(C)c4cc3F)CC2)CC(C)N1C1COC1. The van der Waals surface area contributed by atoms with Gasteiger partial charge in [-0.05, 0) is 93.9 Å². The van der Waals surface area contributed by atoms with Crippen molar-refractivity contribution in [1.82, 2.24) is 19.4 Å². The first-order chi connectivity index (χ1) is 19.1. The molecule has 2 aromatic carbocycles. The quantitative estimate of drug-likeness (QED) is 0.417. The molecular formula is C31H41FN4O3S. The van der Waals surface area contributed by atoms with Crippen LogP contribution in [0.2, 0.25) is 0 Å². The van der Waals surface area contributed by atoms with Gasteiger partial charge in [-0.2, -0.15) is 0 Å². The molecule has 3 aliphatic rings. The average Bonchev–Trinajstić information content (AvgIpc) is 3.23. The zero-order valence-corrected chi connectivity index (χ0v) is 24.8. The summed E-state index contributed by atoms with van der Waals surface area (Å²) in [7, 11) is -1.39. The lowest BCUT2D eigenvalue weighted by molar-refractivity contribution is -0.115. The number of fused-ring (bicyclic) bond motifs is 1. The number of imidazole rings is 1. The lowest BCUT2D eigenvalue weighted by Gasteiger charge is -2.52. The minimum absolute atomic E-state index is 0.163. The molecule has 3 saturated heterocycles. The van der Waals surface area contributed by atoms with Gasteiger partial charge in [-0.1, -0.05) is 6.92 Å². The number of sulfone groups is 1. The molecule has 6 rings (SSSR count). The van der Waals surface area contributed by atoms with Crippen molar-refractivity contribution < 1.29 is 17.5 Å². The first kappa shape index (κ1) is 27.8. The van der Waals surface area contributed by atoms with E-state index in [0.29, 0.717) is 30.0 Å². The molecule has 0 radical (unpaired) electrons. The van der Waals surface area contributed by atoms with E-state index in [9.17, 15) is 8.42 Å². The molecule has 0 amide bonds. The van der Waals surface area contributed by atoms with Crippen molar-refractivity contribution in [1.29, 1.82) is 0 Å². The van der Waals surface area contributed by atoms with Crippen molar-refractivity contribution in [2.45, 2.75) is 80.9 Å². The molecule has 3 atom stereocenters. The van der Waals surface area contributed by atoms with Gasteiger partial charge in [0.2, 0.25) is 0 Å². The van der Waals surface area contributed by atoms with Crippen molar-refractivity contribution in [2.24, 2.45) is 7.05 Å². The topological polar surface area (TPSA) is 67.7 Å². The van der Waals surface area contributed by atoms with Crippen molar-refractivity contribution in [3.63, 3.8) is 0 Å². The predicted molar refractivity (Wildman–Crippen MR) is 156 cm³/mol. The molecule has 216 valence electrons. The highest BCUT2D eigenvalue weighted by atomic mass is 32.2. The average molecular weight is 569 g/mol. The van der Waals surface area contributed by atoms with E-state index >= 15 is 4.39 Å². The Morgan fingerprint density at radius 3 is 2.35 bits per heavy atom. The summed E-state index contributed by atoms with van der Waals surface area (Å²) in [6.45, 7) is 8.45. The number of hydrogen-bond donors (Lipinski definition) is 0. The standard InChI is InChI=1S/C31H41FN4O3S/c1-5-23-15-24(14-20(2)36(23)25-18-39-19-25)35-12-10-21(11-13-35)27-16-29-30(17-28(27)32)34(3)31(33-29)22-6-8-26(9-7-22)40(4,37)38/h6-9,16-17,20-21,23-25H,5,10-15,18-19H2,1-4H3. The molecule has 0 N–H and O–H groups in total. The summed E-state index contributed by atoms with van der Waals surface area (Å²) in [4.78, 5) is 10.5. The van der Waals surface area contributed by atoms with Gasteiger partial charge in [-0.25, -0.2) is 17.8 Å². The summed E-state index contributed by atoms with van der Waals surface area (Å²) >= 11 is 0. The minimum atomic E-state index is -3.27. The van der Waals surface area contributed by atoms with Crippen molar-refractivity contribution in [3.05, 3.63) is 47.8 Å². The van der Waals surface area contributed by atoms with Crippen LogP contribution in [0.4, 0.5) is 4.39 Å². The Bertz CT molecular complexity index is 1480. The smallest absolute Gasteiger partial charge is 0.175 e. The number of piperidine rings is 2. The summed E-state index contributed by atoms with van der Waals surface area (Å²) in [6.07, 6.45) is 6.69. The van der Waals surface area contributed by atoms with Crippen LogP contribution in [0.15, 0.2) is 41.3 Å². The number of aryl methyl sites for hydroxylation is 1. The van der Waals surface area contributed by atoms with Crippen LogP contribution in [0.5, 0.6) is 0 Å². The van der Waals surface area contributed by atoms with Gasteiger partial charge in [0.1, 0.15) is 11.6 Å². The number of halogens is 1. The molecule has 0 bridgehead atoms. The fourth-order valence-corrected chi connectivity index (χ4v) is 7.99. The van der Waals surface area contributed by atoms with E-state index in [-0.39, 0.29) is 16.6 Å². The summed E-state index contributed by atoms with van der Waals surface area (Å²) in [5.41, 5.74) is 3.08. The lowest BCUT2D eigenvalue weighted by atomic mass is 9.84. The third-order valence-electron chi connectivity index (χ3n) is 9.63. The zero-order valence-electron chi connectivity index (χ0n) is 24.0. The number of aromatic nitrogens is 2. The summed E-state index contributed by atoms with van der Waals surface area (Å²) in [5, 5.41) is 0. The molecule has 0 saturated carbocycles. The molecule has 3 aromatic rings. The fourth-order valence-electron chi connectivity index (χ4n) is 7.36. The second-order valence-electron chi connectivity index (χ2n) is 12.1. The molecule has 1 aromatic heterocycles.